The van der Waals surface area contributed by atoms with Gasteiger partial charge >= 0.3 is 0 Å². The van der Waals surface area contributed by atoms with Crippen molar-refractivity contribution in [2.24, 2.45) is 0 Å². The average Bonchev–Trinajstić information content (AvgIpc) is 3.16. The molecule has 6 heteroatoms. The molecule has 0 radical (unpaired) electrons. The summed E-state index contributed by atoms with van der Waals surface area (Å²) in [6.45, 7) is 4.07. The lowest BCUT2D eigenvalue weighted by Gasteiger charge is -2.15. The zero-order valence-electron chi connectivity index (χ0n) is 15.0. The standard InChI is InChI=1S/C20H26N4O2/c25-20(21-19-14-18(22-23-19)16-5-6-16)13-15-3-7-17(8-4-15)26-12-11-24-9-1-2-10-24/h3-4,7-8,14,16H,1-2,5-6,9-13H2,(H2,21,22,23,25). The van der Waals surface area contributed by atoms with Crippen LogP contribution in [0.15, 0.2) is 30.3 Å². The zero-order chi connectivity index (χ0) is 17.8. The van der Waals surface area contributed by atoms with Crippen LogP contribution in [0.5, 0.6) is 5.75 Å². The van der Waals surface area contributed by atoms with Crippen LogP contribution in [0.2, 0.25) is 0 Å². The van der Waals surface area contributed by atoms with Crippen LogP contribution in [0.25, 0.3) is 0 Å². The van der Waals surface area contributed by atoms with Gasteiger partial charge in [-0.05, 0) is 56.5 Å². The number of H-pyrrole nitrogens is 1. The lowest BCUT2D eigenvalue weighted by atomic mass is 10.1. The van der Waals surface area contributed by atoms with Crippen molar-refractivity contribution in [2.45, 2.75) is 38.0 Å². The zero-order valence-corrected chi connectivity index (χ0v) is 15.0. The van der Waals surface area contributed by atoms with Crippen molar-refractivity contribution in [1.29, 1.82) is 0 Å². The molecule has 1 aliphatic heterocycles. The highest BCUT2D eigenvalue weighted by Gasteiger charge is 2.25. The van der Waals surface area contributed by atoms with Crippen molar-refractivity contribution >= 4 is 11.7 Å². The monoisotopic (exact) mass is 354 g/mol. The van der Waals surface area contributed by atoms with Gasteiger partial charge in [0.1, 0.15) is 12.4 Å². The van der Waals surface area contributed by atoms with Gasteiger partial charge in [0.05, 0.1) is 6.42 Å². The number of nitrogens with one attached hydrogen (secondary N) is 2. The first-order valence-corrected chi connectivity index (χ1v) is 9.55. The van der Waals surface area contributed by atoms with Crippen LogP contribution in [0, 0.1) is 0 Å². The minimum atomic E-state index is -0.0541. The number of carbonyl (C=O) groups is 1. The van der Waals surface area contributed by atoms with Crippen molar-refractivity contribution in [3.8, 4) is 5.75 Å². The SMILES string of the molecule is O=C(Cc1ccc(OCCN2CCCC2)cc1)Nc1cc(C2CC2)[nH]n1. The predicted molar refractivity (Wildman–Crippen MR) is 101 cm³/mol. The molecular weight excluding hydrogens is 328 g/mol. The van der Waals surface area contributed by atoms with Crippen LogP contribution in [0.4, 0.5) is 5.82 Å². The second-order valence-electron chi connectivity index (χ2n) is 7.25. The third kappa shape index (κ3) is 4.64. The van der Waals surface area contributed by atoms with E-state index in [1.807, 2.05) is 30.3 Å². The number of hydrogen-bond donors (Lipinski definition) is 2. The van der Waals surface area contributed by atoms with Crippen molar-refractivity contribution in [3.05, 3.63) is 41.6 Å². The van der Waals surface area contributed by atoms with Gasteiger partial charge in [-0.2, -0.15) is 5.10 Å². The molecule has 26 heavy (non-hydrogen) atoms. The maximum absolute atomic E-state index is 12.2. The quantitative estimate of drug-likeness (QED) is 0.765. The Morgan fingerprint density at radius 2 is 2.00 bits per heavy atom. The predicted octanol–water partition coefficient (Wildman–Crippen LogP) is 2.94. The molecule has 1 aromatic carbocycles. The number of rotatable bonds is 8. The van der Waals surface area contributed by atoms with Crippen molar-refractivity contribution in [1.82, 2.24) is 15.1 Å². The van der Waals surface area contributed by atoms with Gasteiger partial charge in [0.2, 0.25) is 5.91 Å². The molecule has 2 heterocycles. The van der Waals surface area contributed by atoms with Gasteiger partial charge < -0.3 is 10.1 Å². The van der Waals surface area contributed by atoms with E-state index in [2.05, 4.69) is 20.4 Å². The fraction of sp³-hybridized carbons (Fsp3) is 0.500. The second kappa shape index (κ2) is 7.91. The topological polar surface area (TPSA) is 70.2 Å². The van der Waals surface area contributed by atoms with Crippen molar-refractivity contribution in [2.75, 3.05) is 31.6 Å². The largest absolute Gasteiger partial charge is 0.492 e. The number of nitrogens with zero attached hydrogens (tertiary/aromatic N) is 2. The highest BCUT2D eigenvalue weighted by molar-refractivity contribution is 5.91. The molecule has 1 aliphatic carbocycles. The molecule has 2 N–H and O–H groups in total. The van der Waals surface area contributed by atoms with E-state index in [4.69, 9.17) is 4.74 Å². The Labute approximate surface area is 153 Å². The minimum absolute atomic E-state index is 0.0541. The Kier molecular flexibility index (Phi) is 5.20. The highest BCUT2D eigenvalue weighted by Crippen LogP contribution is 2.39. The average molecular weight is 354 g/mol. The van der Waals surface area contributed by atoms with Crippen LogP contribution in [0.1, 0.15) is 42.9 Å². The summed E-state index contributed by atoms with van der Waals surface area (Å²) in [5.74, 6) is 2.02. The Morgan fingerprint density at radius 1 is 1.23 bits per heavy atom. The van der Waals surface area contributed by atoms with Gasteiger partial charge in [-0.1, -0.05) is 12.1 Å². The lowest BCUT2D eigenvalue weighted by molar-refractivity contribution is -0.115. The Balaban J connectivity index is 1.21. The number of amides is 1. The summed E-state index contributed by atoms with van der Waals surface area (Å²) in [5.41, 5.74) is 2.09. The Hall–Kier alpha value is -2.34. The number of benzene rings is 1. The van der Waals surface area contributed by atoms with Gasteiger partial charge in [0.15, 0.2) is 5.82 Å². The summed E-state index contributed by atoms with van der Waals surface area (Å²) in [7, 11) is 0. The highest BCUT2D eigenvalue weighted by atomic mass is 16.5. The molecule has 0 bridgehead atoms. The van der Waals surface area contributed by atoms with Gasteiger partial charge in [-0.3, -0.25) is 14.8 Å². The summed E-state index contributed by atoms with van der Waals surface area (Å²) in [6.07, 6.45) is 5.36. The van der Waals surface area contributed by atoms with Gasteiger partial charge in [0, 0.05) is 24.2 Å². The first kappa shape index (κ1) is 17.1. The minimum Gasteiger partial charge on any atom is -0.492 e. The van der Waals surface area contributed by atoms with Crippen LogP contribution >= 0.6 is 0 Å². The van der Waals surface area contributed by atoms with Crippen LogP contribution < -0.4 is 10.1 Å². The van der Waals surface area contributed by atoms with E-state index < -0.39 is 0 Å². The second-order valence-corrected chi connectivity index (χ2v) is 7.25. The number of ether oxygens (including phenoxy) is 1. The summed E-state index contributed by atoms with van der Waals surface area (Å²) in [6, 6.07) is 9.71. The summed E-state index contributed by atoms with van der Waals surface area (Å²) in [4.78, 5) is 14.6. The summed E-state index contributed by atoms with van der Waals surface area (Å²) in [5, 5.41) is 10.0. The van der Waals surface area contributed by atoms with E-state index in [-0.39, 0.29) is 5.91 Å². The van der Waals surface area contributed by atoms with Gasteiger partial charge in [0.25, 0.3) is 0 Å². The number of aromatic nitrogens is 2. The number of likely N-dealkylation sites (tertiary alicyclic amines) is 1. The normalized spacial score (nSPS) is 17.4. The fourth-order valence-corrected chi connectivity index (χ4v) is 3.38. The molecule has 4 rings (SSSR count). The molecule has 138 valence electrons. The maximum atomic E-state index is 12.2. The molecule has 0 spiro atoms. The molecule has 1 amide bonds. The summed E-state index contributed by atoms with van der Waals surface area (Å²) < 4.78 is 5.80. The first-order valence-electron chi connectivity index (χ1n) is 9.55. The first-order chi connectivity index (χ1) is 12.8. The van der Waals surface area contributed by atoms with Crippen LogP contribution in [-0.4, -0.2) is 47.2 Å². The molecule has 0 atom stereocenters. The van der Waals surface area contributed by atoms with E-state index in [1.54, 1.807) is 0 Å². The number of hydrogen-bond acceptors (Lipinski definition) is 4. The lowest BCUT2D eigenvalue weighted by Crippen LogP contribution is -2.25. The third-order valence-corrected chi connectivity index (χ3v) is 5.05. The van der Waals surface area contributed by atoms with E-state index in [0.717, 1.165) is 23.6 Å². The fourth-order valence-electron chi connectivity index (χ4n) is 3.38. The van der Waals surface area contributed by atoms with E-state index in [0.29, 0.717) is 24.8 Å². The Bertz CT molecular complexity index is 731. The van der Waals surface area contributed by atoms with Crippen molar-refractivity contribution in [3.63, 3.8) is 0 Å². The van der Waals surface area contributed by atoms with E-state index in [1.165, 1.54) is 38.8 Å². The number of aromatic amines is 1. The molecular formula is C20H26N4O2. The smallest absolute Gasteiger partial charge is 0.229 e. The molecule has 1 aromatic heterocycles. The number of anilines is 1. The summed E-state index contributed by atoms with van der Waals surface area (Å²) >= 11 is 0. The number of carbonyl (C=O) groups excluding carboxylic acids is 1. The molecule has 0 unspecified atom stereocenters. The molecule has 2 aliphatic rings. The molecule has 1 saturated heterocycles. The van der Waals surface area contributed by atoms with Gasteiger partial charge in [-0.15, -0.1) is 0 Å². The van der Waals surface area contributed by atoms with Gasteiger partial charge in [-0.25, -0.2) is 0 Å². The van der Waals surface area contributed by atoms with E-state index in [9.17, 15) is 4.79 Å². The van der Waals surface area contributed by atoms with Crippen LogP contribution in [-0.2, 0) is 11.2 Å². The third-order valence-electron chi connectivity index (χ3n) is 5.05. The molecule has 6 nitrogen and oxygen atoms in total. The van der Waals surface area contributed by atoms with E-state index >= 15 is 0 Å². The molecule has 2 fully saturated rings. The maximum Gasteiger partial charge on any atom is 0.229 e. The molecule has 1 saturated carbocycles. The Morgan fingerprint density at radius 3 is 2.73 bits per heavy atom. The molecule has 2 aromatic rings. The van der Waals surface area contributed by atoms with Crippen LogP contribution in [0.3, 0.4) is 0 Å². The van der Waals surface area contributed by atoms with Crippen molar-refractivity contribution < 1.29 is 9.53 Å².